The van der Waals surface area contributed by atoms with Gasteiger partial charge in [0.15, 0.2) is 0 Å². The van der Waals surface area contributed by atoms with E-state index in [2.05, 4.69) is 20.1 Å². The van der Waals surface area contributed by atoms with Crippen molar-refractivity contribution in [2.75, 3.05) is 0 Å². The van der Waals surface area contributed by atoms with Gasteiger partial charge in [0.1, 0.15) is 23.2 Å². The molecule has 0 aliphatic rings. The molecular weight excluding hydrogens is 356 g/mol. The number of imidazole rings is 1. The van der Waals surface area contributed by atoms with Crippen molar-refractivity contribution in [2.24, 2.45) is 0 Å². The topological polar surface area (TPSA) is 91.1 Å². The Bertz CT molecular complexity index is 1360. The highest BCUT2D eigenvalue weighted by atomic mass is 16.5. The Morgan fingerprint density at radius 1 is 1.00 bits per heavy atom. The Labute approximate surface area is 159 Å². The van der Waals surface area contributed by atoms with E-state index >= 15 is 0 Å². The van der Waals surface area contributed by atoms with E-state index in [9.17, 15) is 4.79 Å². The van der Waals surface area contributed by atoms with Gasteiger partial charge in [-0.25, -0.2) is 4.98 Å². The molecule has 0 saturated carbocycles. The first-order valence-electron chi connectivity index (χ1n) is 8.91. The summed E-state index contributed by atoms with van der Waals surface area (Å²) in [5, 5.41) is 4.03. The number of nitrogens with zero attached hydrogens (tertiary/aromatic N) is 6. The molecule has 8 nitrogen and oxygen atoms in total. The van der Waals surface area contributed by atoms with E-state index in [0.717, 1.165) is 11.0 Å². The highest BCUT2D eigenvalue weighted by Crippen LogP contribution is 2.25. The van der Waals surface area contributed by atoms with Crippen molar-refractivity contribution in [3.63, 3.8) is 0 Å². The summed E-state index contributed by atoms with van der Waals surface area (Å²) in [6.45, 7) is 3.96. The Kier molecular flexibility index (Phi) is 3.58. The van der Waals surface area contributed by atoms with Crippen LogP contribution in [0.4, 0.5) is 0 Å². The summed E-state index contributed by atoms with van der Waals surface area (Å²) in [6, 6.07) is 13.2. The van der Waals surface area contributed by atoms with Crippen molar-refractivity contribution >= 4 is 16.6 Å². The fourth-order valence-electron chi connectivity index (χ4n) is 3.42. The van der Waals surface area contributed by atoms with Crippen LogP contribution in [0.3, 0.4) is 0 Å². The summed E-state index contributed by atoms with van der Waals surface area (Å²) in [7, 11) is 0. The molecule has 138 valence electrons. The maximum atomic E-state index is 13.3. The zero-order valence-electron chi connectivity index (χ0n) is 15.3. The Hall–Kier alpha value is -3.81. The summed E-state index contributed by atoms with van der Waals surface area (Å²) in [5.41, 5.74) is 2.95. The first-order valence-corrected chi connectivity index (χ1v) is 8.91. The minimum Gasteiger partial charge on any atom is -0.332 e. The number of hydrogen-bond acceptors (Lipinski definition) is 6. The van der Waals surface area contributed by atoms with E-state index in [1.165, 1.54) is 0 Å². The molecule has 0 aliphatic heterocycles. The van der Waals surface area contributed by atoms with Gasteiger partial charge in [0.25, 0.3) is 11.4 Å². The lowest BCUT2D eigenvalue weighted by Gasteiger charge is -2.15. The Morgan fingerprint density at radius 3 is 2.54 bits per heavy atom. The fraction of sp³-hybridized carbons (Fsp3) is 0.150. The monoisotopic (exact) mass is 372 g/mol. The maximum Gasteiger partial charge on any atom is 0.278 e. The van der Waals surface area contributed by atoms with E-state index < -0.39 is 0 Å². The second-order valence-corrected chi connectivity index (χ2v) is 6.71. The number of hydrogen-bond donors (Lipinski definition) is 0. The first-order chi connectivity index (χ1) is 13.6. The predicted molar refractivity (Wildman–Crippen MR) is 104 cm³/mol. The number of fused-ring (bicyclic) bond motifs is 3. The van der Waals surface area contributed by atoms with Gasteiger partial charge >= 0.3 is 0 Å². The molecule has 1 aromatic carbocycles. The van der Waals surface area contributed by atoms with Crippen LogP contribution in [0, 0.1) is 0 Å². The average Bonchev–Trinajstić information content (AvgIpc) is 3.36. The highest BCUT2D eigenvalue weighted by Gasteiger charge is 2.21. The van der Waals surface area contributed by atoms with E-state index in [4.69, 9.17) is 4.52 Å². The van der Waals surface area contributed by atoms with Gasteiger partial charge in [-0.3, -0.25) is 14.2 Å². The van der Waals surface area contributed by atoms with E-state index in [-0.39, 0.29) is 23.3 Å². The van der Waals surface area contributed by atoms with Crippen LogP contribution >= 0.6 is 0 Å². The highest BCUT2D eigenvalue weighted by molar-refractivity contribution is 5.83. The molecule has 0 atom stereocenters. The van der Waals surface area contributed by atoms with Gasteiger partial charge in [-0.05, 0) is 38.1 Å². The summed E-state index contributed by atoms with van der Waals surface area (Å²) >= 11 is 0. The number of rotatable bonds is 3. The predicted octanol–water partition coefficient (Wildman–Crippen LogP) is 3.34. The third kappa shape index (κ3) is 2.34. The summed E-state index contributed by atoms with van der Waals surface area (Å²) in [4.78, 5) is 26.4. The number of benzene rings is 1. The summed E-state index contributed by atoms with van der Waals surface area (Å²) < 4.78 is 8.89. The zero-order valence-corrected chi connectivity index (χ0v) is 15.3. The van der Waals surface area contributed by atoms with Gasteiger partial charge in [0.2, 0.25) is 5.82 Å². The second-order valence-electron chi connectivity index (χ2n) is 6.71. The maximum absolute atomic E-state index is 13.3. The molecule has 0 radical (unpaired) electrons. The van der Waals surface area contributed by atoms with Crippen LogP contribution in [0.2, 0.25) is 0 Å². The quantitative estimate of drug-likeness (QED) is 0.482. The largest absolute Gasteiger partial charge is 0.332 e. The van der Waals surface area contributed by atoms with Crippen LogP contribution in [0.15, 0.2) is 64.3 Å². The Morgan fingerprint density at radius 2 is 1.79 bits per heavy atom. The van der Waals surface area contributed by atoms with Gasteiger partial charge in [0.05, 0.1) is 11.0 Å². The average molecular weight is 372 g/mol. The third-order valence-corrected chi connectivity index (χ3v) is 4.63. The third-order valence-electron chi connectivity index (χ3n) is 4.63. The van der Waals surface area contributed by atoms with Gasteiger partial charge in [0, 0.05) is 12.2 Å². The molecule has 0 amide bonds. The lowest BCUT2D eigenvalue weighted by atomic mass is 10.2. The SMILES string of the molecule is CC(C)n1c(=O)c2c(-c3noc(-c4ccccn4)n3)ncn2c2ccccc21. The molecule has 4 heterocycles. The molecule has 5 rings (SSSR count). The second kappa shape index (κ2) is 6.12. The van der Waals surface area contributed by atoms with Crippen molar-refractivity contribution in [3.05, 3.63) is 65.3 Å². The number of aromatic nitrogens is 6. The molecule has 0 bridgehead atoms. The van der Waals surface area contributed by atoms with Crippen molar-refractivity contribution in [2.45, 2.75) is 19.9 Å². The molecule has 0 unspecified atom stereocenters. The summed E-state index contributed by atoms with van der Waals surface area (Å²) in [6.07, 6.45) is 3.27. The van der Waals surface area contributed by atoms with Crippen LogP contribution in [0.5, 0.6) is 0 Å². The molecular formula is C20H16N6O2. The van der Waals surface area contributed by atoms with Crippen LogP contribution in [0.1, 0.15) is 19.9 Å². The minimum absolute atomic E-state index is 0.0144. The van der Waals surface area contributed by atoms with Gasteiger partial charge in [-0.2, -0.15) is 4.98 Å². The van der Waals surface area contributed by atoms with Crippen LogP contribution in [-0.4, -0.2) is 29.1 Å². The number of pyridine rings is 1. The van der Waals surface area contributed by atoms with E-state index in [1.807, 2.05) is 50.2 Å². The Balaban J connectivity index is 1.79. The summed E-state index contributed by atoms with van der Waals surface area (Å²) in [5.74, 6) is 0.535. The zero-order chi connectivity index (χ0) is 19.3. The molecule has 4 aromatic heterocycles. The normalized spacial score (nSPS) is 11.7. The van der Waals surface area contributed by atoms with Crippen molar-refractivity contribution in [3.8, 4) is 23.1 Å². The van der Waals surface area contributed by atoms with E-state index in [1.54, 1.807) is 27.6 Å². The first kappa shape index (κ1) is 16.4. The molecule has 5 aromatic rings. The number of para-hydroxylation sites is 2. The molecule has 0 aliphatic carbocycles. The van der Waals surface area contributed by atoms with E-state index in [0.29, 0.717) is 16.9 Å². The fourth-order valence-corrected chi connectivity index (χ4v) is 3.42. The van der Waals surface area contributed by atoms with Crippen molar-refractivity contribution in [1.29, 1.82) is 0 Å². The molecule has 0 N–H and O–H groups in total. The van der Waals surface area contributed by atoms with Crippen LogP contribution < -0.4 is 5.56 Å². The standard InChI is InChI=1S/C20H16N6O2/c1-12(2)26-15-9-4-3-8-14(15)25-11-22-16(17(25)20(26)27)18-23-19(28-24-18)13-7-5-6-10-21-13/h3-12H,1-2H3. The van der Waals surface area contributed by atoms with Crippen LogP contribution in [0.25, 0.3) is 39.7 Å². The molecule has 0 fully saturated rings. The van der Waals surface area contributed by atoms with Gasteiger partial charge in [-0.1, -0.05) is 23.4 Å². The smallest absolute Gasteiger partial charge is 0.278 e. The lowest BCUT2D eigenvalue weighted by molar-refractivity contribution is 0.431. The lowest BCUT2D eigenvalue weighted by Crippen LogP contribution is -2.24. The molecule has 8 heteroatoms. The minimum atomic E-state index is -0.148. The molecule has 28 heavy (non-hydrogen) atoms. The van der Waals surface area contributed by atoms with Gasteiger partial charge < -0.3 is 9.09 Å². The van der Waals surface area contributed by atoms with Gasteiger partial charge in [-0.15, -0.1) is 0 Å². The van der Waals surface area contributed by atoms with Crippen molar-refractivity contribution < 1.29 is 4.52 Å². The molecule has 0 saturated heterocycles. The van der Waals surface area contributed by atoms with Crippen molar-refractivity contribution in [1.82, 2.24) is 29.1 Å². The van der Waals surface area contributed by atoms with Crippen LogP contribution in [-0.2, 0) is 0 Å². The molecule has 0 spiro atoms.